The lowest BCUT2D eigenvalue weighted by molar-refractivity contribution is 0.0657. The average Bonchev–Trinajstić information content (AvgIpc) is 2.04. The summed E-state index contributed by atoms with van der Waals surface area (Å²) in [7, 11) is 0. The first-order valence-electron chi connectivity index (χ1n) is 4.04. The fourth-order valence-corrected chi connectivity index (χ4v) is 1.47. The van der Waals surface area contributed by atoms with Crippen LogP contribution in [0.2, 0.25) is 0 Å². The first kappa shape index (κ1) is 7.50. The van der Waals surface area contributed by atoms with Crippen molar-refractivity contribution in [3.05, 3.63) is 29.8 Å². The highest BCUT2D eigenvalue weighted by atomic mass is 16.3. The van der Waals surface area contributed by atoms with Crippen molar-refractivity contribution in [2.24, 2.45) is 4.99 Å². The van der Waals surface area contributed by atoms with Crippen LogP contribution < -0.4 is 0 Å². The third kappa shape index (κ3) is 1.04. The normalized spacial score (nSPS) is 26.8. The third-order valence-corrected chi connectivity index (χ3v) is 2.20. The van der Waals surface area contributed by atoms with Crippen LogP contribution in [0, 0.1) is 0 Å². The van der Waals surface area contributed by atoms with Gasteiger partial charge in [0, 0.05) is 18.2 Å². The topological polar surface area (TPSA) is 32.6 Å². The number of aliphatic imine (C=N–C) groups is 1. The number of rotatable bonds is 0. The van der Waals surface area contributed by atoms with Gasteiger partial charge in [-0.05, 0) is 13.0 Å². The quantitative estimate of drug-likeness (QED) is 0.620. The SMILES string of the molecule is CC1(O)CC=Nc2ccccc21. The molecule has 2 nitrogen and oxygen atoms in total. The van der Waals surface area contributed by atoms with Crippen molar-refractivity contribution < 1.29 is 5.11 Å². The van der Waals surface area contributed by atoms with Crippen molar-refractivity contribution in [2.45, 2.75) is 18.9 Å². The fourth-order valence-electron chi connectivity index (χ4n) is 1.47. The van der Waals surface area contributed by atoms with E-state index in [2.05, 4.69) is 4.99 Å². The molecule has 0 bridgehead atoms. The zero-order valence-corrected chi connectivity index (χ0v) is 6.99. The van der Waals surface area contributed by atoms with Crippen LogP contribution in [0.25, 0.3) is 0 Å². The molecule has 1 N–H and O–H groups in total. The fraction of sp³-hybridized carbons (Fsp3) is 0.300. The molecule has 0 spiro atoms. The second-order valence-corrected chi connectivity index (χ2v) is 3.31. The smallest absolute Gasteiger partial charge is 0.0938 e. The van der Waals surface area contributed by atoms with Crippen LogP contribution in [0.1, 0.15) is 18.9 Å². The Hall–Kier alpha value is -1.15. The van der Waals surface area contributed by atoms with Gasteiger partial charge in [0.2, 0.25) is 0 Å². The van der Waals surface area contributed by atoms with Crippen LogP contribution in [-0.2, 0) is 5.60 Å². The zero-order valence-electron chi connectivity index (χ0n) is 6.99. The molecule has 1 aromatic carbocycles. The van der Waals surface area contributed by atoms with E-state index in [4.69, 9.17) is 0 Å². The van der Waals surface area contributed by atoms with Gasteiger partial charge in [-0.15, -0.1) is 0 Å². The predicted molar refractivity (Wildman–Crippen MR) is 48.8 cm³/mol. The minimum absolute atomic E-state index is 0.601. The van der Waals surface area contributed by atoms with Gasteiger partial charge in [0.25, 0.3) is 0 Å². The summed E-state index contributed by atoms with van der Waals surface area (Å²) in [4.78, 5) is 4.20. The molecule has 0 aliphatic carbocycles. The molecule has 1 atom stereocenters. The van der Waals surface area contributed by atoms with Gasteiger partial charge in [-0.1, -0.05) is 18.2 Å². The van der Waals surface area contributed by atoms with Crippen LogP contribution in [0.5, 0.6) is 0 Å². The maximum Gasteiger partial charge on any atom is 0.0938 e. The Balaban J connectivity index is 2.60. The highest BCUT2D eigenvalue weighted by Gasteiger charge is 2.26. The van der Waals surface area contributed by atoms with Crippen molar-refractivity contribution in [3.8, 4) is 0 Å². The molecule has 1 unspecified atom stereocenters. The Labute approximate surface area is 71.6 Å². The highest BCUT2D eigenvalue weighted by Crippen LogP contribution is 2.34. The van der Waals surface area contributed by atoms with Crippen LogP contribution in [0.15, 0.2) is 29.3 Å². The highest BCUT2D eigenvalue weighted by molar-refractivity contribution is 5.71. The van der Waals surface area contributed by atoms with E-state index in [0.717, 1.165) is 11.3 Å². The summed E-state index contributed by atoms with van der Waals surface area (Å²) < 4.78 is 0. The van der Waals surface area contributed by atoms with E-state index in [1.54, 1.807) is 6.21 Å². The molecule has 12 heavy (non-hydrogen) atoms. The molecule has 2 rings (SSSR count). The van der Waals surface area contributed by atoms with E-state index in [1.807, 2.05) is 31.2 Å². The van der Waals surface area contributed by atoms with Gasteiger partial charge in [-0.3, -0.25) is 4.99 Å². The van der Waals surface area contributed by atoms with Gasteiger partial charge < -0.3 is 5.11 Å². The lowest BCUT2D eigenvalue weighted by atomic mass is 9.90. The van der Waals surface area contributed by atoms with Crippen LogP contribution in [-0.4, -0.2) is 11.3 Å². The van der Waals surface area contributed by atoms with E-state index < -0.39 is 5.60 Å². The van der Waals surface area contributed by atoms with Gasteiger partial charge >= 0.3 is 0 Å². The average molecular weight is 161 g/mol. The van der Waals surface area contributed by atoms with E-state index in [-0.39, 0.29) is 0 Å². The Kier molecular flexibility index (Phi) is 1.51. The molecule has 0 saturated carbocycles. The first-order chi connectivity index (χ1) is 5.70. The van der Waals surface area contributed by atoms with Gasteiger partial charge in [0.15, 0.2) is 0 Å². The van der Waals surface area contributed by atoms with Crippen LogP contribution >= 0.6 is 0 Å². The number of para-hydroxylation sites is 1. The largest absolute Gasteiger partial charge is 0.385 e. The molecular formula is C10H11NO. The molecule has 0 radical (unpaired) electrons. The summed E-state index contributed by atoms with van der Waals surface area (Å²) in [5.74, 6) is 0. The van der Waals surface area contributed by atoms with Crippen LogP contribution in [0.4, 0.5) is 5.69 Å². The first-order valence-corrected chi connectivity index (χ1v) is 4.04. The van der Waals surface area contributed by atoms with Crippen molar-refractivity contribution in [2.75, 3.05) is 0 Å². The van der Waals surface area contributed by atoms with Crippen molar-refractivity contribution in [1.82, 2.24) is 0 Å². The summed E-state index contributed by atoms with van der Waals surface area (Å²) in [6, 6.07) is 7.69. The number of hydrogen-bond acceptors (Lipinski definition) is 2. The second kappa shape index (κ2) is 2.42. The van der Waals surface area contributed by atoms with Crippen molar-refractivity contribution in [3.63, 3.8) is 0 Å². The summed E-state index contributed by atoms with van der Waals surface area (Å²) in [6.07, 6.45) is 2.37. The Morgan fingerprint density at radius 3 is 2.92 bits per heavy atom. The molecule has 0 fully saturated rings. The van der Waals surface area contributed by atoms with E-state index in [1.165, 1.54) is 0 Å². The summed E-state index contributed by atoms with van der Waals surface area (Å²) in [5, 5.41) is 9.94. The lowest BCUT2D eigenvalue weighted by Crippen LogP contribution is -2.23. The van der Waals surface area contributed by atoms with E-state index >= 15 is 0 Å². The third-order valence-electron chi connectivity index (χ3n) is 2.20. The van der Waals surface area contributed by atoms with Gasteiger partial charge in [-0.25, -0.2) is 0 Å². The van der Waals surface area contributed by atoms with Gasteiger partial charge in [0.05, 0.1) is 11.3 Å². The summed E-state index contributed by atoms with van der Waals surface area (Å²) >= 11 is 0. The van der Waals surface area contributed by atoms with Crippen molar-refractivity contribution >= 4 is 11.9 Å². The molecule has 0 amide bonds. The number of aliphatic hydroxyl groups is 1. The summed E-state index contributed by atoms with van der Waals surface area (Å²) in [6.45, 7) is 1.82. The molecule has 1 aliphatic heterocycles. The number of fused-ring (bicyclic) bond motifs is 1. The monoisotopic (exact) mass is 161 g/mol. The number of nitrogens with zero attached hydrogens (tertiary/aromatic N) is 1. The van der Waals surface area contributed by atoms with Gasteiger partial charge in [-0.2, -0.15) is 0 Å². The van der Waals surface area contributed by atoms with Crippen LogP contribution in [0.3, 0.4) is 0 Å². The molecule has 1 heterocycles. The Morgan fingerprint density at radius 2 is 2.17 bits per heavy atom. The lowest BCUT2D eigenvalue weighted by Gasteiger charge is -2.26. The minimum Gasteiger partial charge on any atom is -0.385 e. The predicted octanol–water partition coefficient (Wildman–Crippen LogP) is 2.00. The number of benzene rings is 1. The molecular weight excluding hydrogens is 150 g/mol. The Morgan fingerprint density at radius 1 is 1.42 bits per heavy atom. The standard InChI is InChI=1S/C10H11NO/c1-10(12)6-7-11-9-5-3-2-4-8(9)10/h2-5,7,12H,6H2,1H3. The molecule has 0 aromatic heterocycles. The number of hydrogen-bond donors (Lipinski definition) is 1. The maximum atomic E-state index is 9.94. The molecule has 0 saturated heterocycles. The molecule has 1 aliphatic rings. The van der Waals surface area contributed by atoms with E-state index in [0.29, 0.717) is 6.42 Å². The minimum atomic E-state index is -0.738. The molecule has 1 aromatic rings. The zero-order chi connectivity index (χ0) is 8.60. The summed E-state index contributed by atoms with van der Waals surface area (Å²) in [5.41, 5.74) is 1.07. The van der Waals surface area contributed by atoms with E-state index in [9.17, 15) is 5.11 Å². The Bertz CT molecular complexity index is 328. The maximum absolute atomic E-state index is 9.94. The second-order valence-electron chi connectivity index (χ2n) is 3.31. The molecule has 2 heteroatoms. The van der Waals surface area contributed by atoms with Crippen molar-refractivity contribution in [1.29, 1.82) is 0 Å². The molecule has 62 valence electrons. The van der Waals surface area contributed by atoms with Gasteiger partial charge in [0.1, 0.15) is 0 Å².